The Morgan fingerprint density at radius 1 is 0.879 bits per heavy atom. The fourth-order valence-electron chi connectivity index (χ4n) is 3.78. The first-order valence-electron chi connectivity index (χ1n) is 10.1. The highest BCUT2D eigenvalue weighted by Gasteiger charge is 2.39. The normalized spacial score (nSPS) is 12.2. The third kappa shape index (κ3) is 4.90. The molecule has 0 atom stereocenters. The maximum absolute atomic E-state index is 12.4. The lowest BCUT2D eigenvalue weighted by molar-refractivity contribution is -0.0885. The number of carbonyl (C=O) groups is 2. The highest BCUT2D eigenvalue weighted by molar-refractivity contribution is 6.00. The van der Waals surface area contributed by atoms with Gasteiger partial charge in [-0.1, -0.05) is 60.4 Å². The van der Waals surface area contributed by atoms with Crippen LogP contribution in [0.1, 0.15) is 33.0 Å². The second-order valence-corrected chi connectivity index (χ2v) is 7.39. The van der Waals surface area contributed by atoms with Crippen molar-refractivity contribution in [3.05, 3.63) is 95.1 Å². The number of hydrogen-bond acceptors (Lipinski definition) is 3. The maximum Gasteiger partial charge on any atom is 0.454 e. The van der Waals surface area contributed by atoms with Gasteiger partial charge in [0, 0.05) is 17.0 Å². The van der Waals surface area contributed by atoms with Gasteiger partial charge < -0.3 is 10.1 Å². The van der Waals surface area contributed by atoms with E-state index in [4.69, 9.17) is 4.74 Å². The van der Waals surface area contributed by atoms with Crippen molar-refractivity contribution in [2.24, 2.45) is 0 Å². The Labute approximate surface area is 188 Å². The van der Waals surface area contributed by atoms with Crippen LogP contribution < -0.4 is 5.32 Å². The predicted molar refractivity (Wildman–Crippen MR) is 117 cm³/mol. The summed E-state index contributed by atoms with van der Waals surface area (Å²) in [7, 11) is 0. The third-order valence-electron chi connectivity index (χ3n) is 5.30. The van der Waals surface area contributed by atoms with Gasteiger partial charge in [0.15, 0.2) is 0 Å². The second kappa shape index (κ2) is 9.21. The van der Waals surface area contributed by atoms with E-state index in [1.165, 1.54) is 12.1 Å². The molecule has 0 saturated heterocycles. The van der Waals surface area contributed by atoms with E-state index < -0.39 is 23.6 Å². The Morgan fingerprint density at radius 3 is 2.03 bits per heavy atom. The molecule has 0 aliphatic heterocycles. The molecule has 0 aromatic heterocycles. The molecular formula is C26H18F3NO3. The summed E-state index contributed by atoms with van der Waals surface area (Å²) in [5.41, 5.74) is 4.46. The molecule has 33 heavy (non-hydrogen) atoms. The van der Waals surface area contributed by atoms with Crippen molar-refractivity contribution >= 4 is 11.9 Å². The molecule has 1 aliphatic carbocycles. The Hall–Kier alpha value is -4.05. The lowest BCUT2D eigenvalue weighted by Crippen LogP contribution is -2.26. The molecule has 0 bridgehead atoms. The van der Waals surface area contributed by atoms with Crippen LogP contribution in [-0.4, -0.2) is 31.2 Å². The summed E-state index contributed by atoms with van der Waals surface area (Å²) < 4.78 is 42.7. The van der Waals surface area contributed by atoms with Gasteiger partial charge >= 0.3 is 12.3 Å². The van der Waals surface area contributed by atoms with Crippen LogP contribution in [0.2, 0.25) is 0 Å². The molecule has 4 nitrogen and oxygen atoms in total. The molecule has 1 N–H and O–H groups in total. The zero-order chi connectivity index (χ0) is 23.4. The molecule has 166 valence electrons. The molecule has 0 saturated carbocycles. The molecule has 0 spiro atoms. The van der Waals surface area contributed by atoms with E-state index in [-0.39, 0.29) is 19.1 Å². The quantitative estimate of drug-likeness (QED) is 0.433. The second-order valence-electron chi connectivity index (χ2n) is 7.39. The number of Topliss-reactive ketones (excluding diaryl/α,β-unsaturated/α-hetero) is 1. The molecule has 0 unspecified atom stereocenters. The average molecular weight is 449 g/mol. The first kappa shape index (κ1) is 22.2. The summed E-state index contributed by atoms with van der Waals surface area (Å²) in [6.07, 6.45) is -5.53. The number of alkyl halides is 3. The highest BCUT2D eigenvalue weighted by atomic mass is 19.4. The summed E-state index contributed by atoms with van der Waals surface area (Å²) in [6, 6.07) is 20.8. The predicted octanol–water partition coefficient (Wildman–Crippen LogP) is 5.32. The number of fused-ring (bicyclic) bond motifs is 3. The molecule has 1 aliphatic rings. The SMILES string of the molecule is O=C(NCC#Cc1ccc(C(=O)C(F)(F)F)cc1)OCC1c2ccccc2-c2ccccc21. The summed E-state index contributed by atoms with van der Waals surface area (Å²) in [4.78, 5) is 23.3. The van der Waals surface area contributed by atoms with Crippen molar-refractivity contribution in [1.82, 2.24) is 5.32 Å². The zero-order valence-electron chi connectivity index (χ0n) is 17.3. The molecule has 3 aromatic carbocycles. The molecule has 4 rings (SSSR count). The van der Waals surface area contributed by atoms with Gasteiger partial charge in [0.05, 0.1) is 6.54 Å². The number of ether oxygens (including phenoxy) is 1. The first-order valence-corrected chi connectivity index (χ1v) is 10.1. The Balaban J connectivity index is 1.30. The van der Waals surface area contributed by atoms with E-state index in [9.17, 15) is 22.8 Å². The fourth-order valence-corrected chi connectivity index (χ4v) is 3.78. The number of ketones is 1. The summed E-state index contributed by atoms with van der Waals surface area (Å²) >= 11 is 0. The van der Waals surface area contributed by atoms with E-state index in [2.05, 4.69) is 29.3 Å². The van der Waals surface area contributed by atoms with Gasteiger partial charge in [-0.25, -0.2) is 4.79 Å². The van der Waals surface area contributed by atoms with Crippen LogP contribution in [0.25, 0.3) is 11.1 Å². The smallest absolute Gasteiger partial charge is 0.449 e. The number of nitrogens with one attached hydrogen (secondary N) is 1. The summed E-state index contributed by atoms with van der Waals surface area (Å²) in [6.45, 7) is 0.182. The molecular weight excluding hydrogens is 431 g/mol. The van der Waals surface area contributed by atoms with E-state index in [1.54, 1.807) is 0 Å². The van der Waals surface area contributed by atoms with Crippen LogP contribution in [0.3, 0.4) is 0 Å². The van der Waals surface area contributed by atoms with Gasteiger partial charge in [0.25, 0.3) is 5.78 Å². The molecule has 0 fully saturated rings. The summed E-state index contributed by atoms with van der Waals surface area (Å²) in [5.74, 6) is 3.46. The number of halogens is 3. The van der Waals surface area contributed by atoms with Crippen molar-refractivity contribution in [3.63, 3.8) is 0 Å². The zero-order valence-corrected chi connectivity index (χ0v) is 17.3. The van der Waals surface area contributed by atoms with Gasteiger partial charge in [-0.05, 0) is 46.5 Å². The van der Waals surface area contributed by atoms with Crippen LogP contribution >= 0.6 is 0 Å². The Bertz CT molecular complexity index is 1210. The van der Waals surface area contributed by atoms with E-state index >= 15 is 0 Å². The van der Waals surface area contributed by atoms with Gasteiger partial charge in [-0.3, -0.25) is 4.79 Å². The monoisotopic (exact) mass is 449 g/mol. The minimum atomic E-state index is -4.92. The molecule has 0 heterocycles. The lowest BCUT2D eigenvalue weighted by Gasteiger charge is -2.14. The topological polar surface area (TPSA) is 55.4 Å². The molecule has 3 aromatic rings. The summed E-state index contributed by atoms with van der Waals surface area (Å²) in [5, 5.41) is 2.54. The van der Waals surface area contributed by atoms with Crippen LogP contribution in [0.4, 0.5) is 18.0 Å². The number of carbonyl (C=O) groups excluding carboxylic acids is 2. The fraction of sp³-hybridized carbons (Fsp3) is 0.154. The standard InChI is InChI=1S/C26H18F3NO3/c27-26(28,29)24(31)18-13-11-17(12-14-18)6-5-15-30-25(32)33-16-23-21-9-3-1-7-19(21)20-8-2-4-10-22(20)23/h1-4,7-14,23H,15-16H2,(H,30,32). The van der Waals surface area contributed by atoms with E-state index in [1.807, 2.05) is 36.4 Å². The van der Waals surface area contributed by atoms with Crippen LogP contribution in [-0.2, 0) is 4.74 Å². The van der Waals surface area contributed by atoms with E-state index in [0.717, 1.165) is 34.4 Å². The number of amides is 1. The van der Waals surface area contributed by atoms with Crippen molar-refractivity contribution < 1.29 is 27.5 Å². The van der Waals surface area contributed by atoms with Crippen LogP contribution in [0.5, 0.6) is 0 Å². The minimum Gasteiger partial charge on any atom is -0.449 e. The van der Waals surface area contributed by atoms with Crippen molar-refractivity contribution in [2.75, 3.05) is 13.2 Å². The third-order valence-corrected chi connectivity index (χ3v) is 5.30. The minimum absolute atomic E-state index is 0.0000922. The Kier molecular flexibility index (Phi) is 6.18. The van der Waals surface area contributed by atoms with Crippen LogP contribution in [0, 0.1) is 11.8 Å². The number of rotatable bonds is 4. The van der Waals surface area contributed by atoms with Crippen LogP contribution in [0.15, 0.2) is 72.8 Å². The molecule has 7 heteroatoms. The van der Waals surface area contributed by atoms with Crippen molar-refractivity contribution in [3.8, 4) is 23.0 Å². The molecule has 0 radical (unpaired) electrons. The largest absolute Gasteiger partial charge is 0.454 e. The maximum atomic E-state index is 12.4. The molecule has 1 amide bonds. The highest BCUT2D eigenvalue weighted by Crippen LogP contribution is 2.44. The number of benzene rings is 3. The van der Waals surface area contributed by atoms with Gasteiger partial charge in [0.2, 0.25) is 0 Å². The van der Waals surface area contributed by atoms with E-state index in [0.29, 0.717) is 5.56 Å². The van der Waals surface area contributed by atoms with Gasteiger partial charge in [-0.2, -0.15) is 13.2 Å². The lowest BCUT2D eigenvalue weighted by atomic mass is 9.98. The van der Waals surface area contributed by atoms with Crippen molar-refractivity contribution in [1.29, 1.82) is 0 Å². The van der Waals surface area contributed by atoms with Crippen molar-refractivity contribution in [2.45, 2.75) is 12.1 Å². The van der Waals surface area contributed by atoms with Gasteiger partial charge in [-0.15, -0.1) is 0 Å². The first-order chi connectivity index (χ1) is 15.8. The average Bonchev–Trinajstić information content (AvgIpc) is 3.13. The van der Waals surface area contributed by atoms with Gasteiger partial charge in [0.1, 0.15) is 6.61 Å². The Morgan fingerprint density at radius 2 is 1.45 bits per heavy atom. The number of alkyl carbamates (subject to hydrolysis) is 1. The number of hydrogen-bond donors (Lipinski definition) is 1.